The Balaban J connectivity index is 1.48. The molecule has 3 aliphatic rings. The molecule has 59 heavy (non-hydrogen) atoms. The normalized spacial score (nSPS) is 37.5. The minimum absolute atomic E-state index is 0.0247. The van der Waals surface area contributed by atoms with Gasteiger partial charge in [0.25, 0.3) is 5.67 Å². The molecule has 3 saturated heterocycles. The summed E-state index contributed by atoms with van der Waals surface area (Å²) in [6.45, 7) is 17.3. The van der Waals surface area contributed by atoms with Crippen molar-refractivity contribution in [3.05, 3.63) is 48.9 Å². The van der Waals surface area contributed by atoms with Crippen LogP contribution < -0.4 is 5.32 Å². The highest BCUT2D eigenvalue weighted by molar-refractivity contribution is 6.08. The summed E-state index contributed by atoms with van der Waals surface area (Å²) in [5, 5.41) is 15.4. The molecule has 2 aromatic rings. The fourth-order valence-electron chi connectivity index (χ4n) is 9.59. The predicted molar refractivity (Wildman–Crippen MR) is 216 cm³/mol. The second kappa shape index (κ2) is 18.5. The molecule has 1 aromatic heterocycles. The second-order valence-corrected chi connectivity index (χ2v) is 17.3. The number of halogens is 2. The molecule has 0 aliphatic carbocycles. The number of aliphatic hydroxyl groups excluding tert-OH is 1. The number of nitrogens with zero attached hydrogens (tertiary/aromatic N) is 2. The van der Waals surface area contributed by atoms with Gasteiger partial charge in [0.2, 0.25) is 0 Å². The number of alkyl halides is 1. The van der Waals surface area contributed by atoms with Crippen molar-refractivity contribution in [1.82, 2.24) is 14.8 Å². The van der Waals surface area contributed by atoms with E-state index in [0.717, 1.165) is 17.8 Å². The Morgan fingerprint density at radius 3 is 2.41 bits per heavy atom. The van der Waals surface area contributed by atoms with Crippen LogP contribution in [0, 0.1) is 23.6 Å². The van der Waals surface area contributed by atoms with Gasteiger partial charge in [-0.05, 0) is 84.1 Å². The zero-order valence-electron chi connectivity index (χ0n) is 35.9. The monoisotopic (exact) mass is 831 g/mol. The third-order valence-corrected chi connectivity index (χ3v) is 12.9. The smallest absolute Gasteiger partial charge is 0.410 e. The Morgan fingerprint density at radius 2 is 1.75 bits per heavy atom. The standard InChI is InChI=1S/C44H63F2N3O10/c1-11-18-47-31-22-26(4)56-39(35(31)51)58-38-28(6)37(52)43(8,46)40(53)57-33(12-2)44(9)36(27(5)34(50)25(3)24-42(38,7)55-10)49(41(54)59-44)20-14-13-19-48-21-17-29-23-30(45)15-16-32(29)48/h11,15-17,21,23,25-28,31,33,35-36,38-39,47,51H,1,12-14,18-20,22,24H2,2-10H3/t25-,26-,27+,28+,31+,33-,35+,36?,38-,39+,42-,43+,44-/m1/s1. The number of fused-ring (bicyclic) bond motifs is 2. The number of amides is 1. The lowest BCUT2D eigenvalue weighted by molar-refractivity contribution is -0.290. The van der Waals surface area contributed by atoms with E-state index < -0.39 is 89.2 Å². The molecule has 13 nitrogen and oxygen atoms in total. The van der Waals surface area contributed by atoms with E-state index in [4.69, 9.17) is 23.7 Å². The molecule has 5 rings (SSSR count). The molecule has 0 spiro atoms. The number of ether oxygens (including phenoxy) is 5. The van der Waals surface area contributed by atoms with Crippen molar-refractivity contribution in [3.63, 3.8) is 0 Å². The Hall–Kier alpha value is -3.76. The first kappa shape index (κ1) is 46.3. The SMILES string of the molecule is C=CCN[C@H]1C[C@@H](C)O[C@@H](O[C@@H]2[C@@H](C)C(=O)[C@](C)(F)C(=O)O[C@H](CC)[C@@]3(C)OC(=O)N(CCCCn4ccc5cc(F)ccc54)C3[C@@H](C)C(=O)[C@H](C)C[C@@]2(C)OC)[C@H]1O. The van der Waals surface area contributed by atoms with Gasteiger partial charge in [-0.1, -0.05) is 33.8 Å². The summed E-state index contributed by atoms with van der Waals surface area (Å²) in [5.74, 6) is -6.24. The van der Waals surface area contributed by atoms with Crippen LogP contribution in [0.4, 0.5) is 13.6 Å². The number of rotatable bonds is 12. The first-order chi connectivity index (χ1) is 27.7. The molecule has 0 bridgehead atoms. The second-order valence-electron chi connectivity index (χ2n) is 17.3. The maximum atomic E-state index is 16.9. The number of ketones is 2. The van der Waals surface area contributed by atoms with E-state index in [1.807, 2.05) is 23.8 Å². The lowest BCUT2D eigenvalue weighted by Gasteiger charge is -2.46. The van der Waals surface area contributed by atoms with Crippen molar-refractivity contribution in [2.45, 2.75) is 154 Å². The molecule has 3 fully saturated rings. The van der Waals surface area contributed by atoms with Gasteiger partial charge in [0.15, 0.2) is 17.7 Å². The van der Waals surface area contributed by atoms with Crippen LogP contribution in [-0.2, 0) is 44.6 Å². The Bertz CT molecular complexity index is 1860. The fraction of sp³-hybridized carbons (Fsp3) is 0.682. The van der Waals surface area contributed by atoms with Crippen LogP contribution in [0.1, 0.15) is 87.5 Å². The van der Waals surface area contributed by atoms with Gasteiger partial charge in [-0.15, -0.1) is 6.58 Å². The van der Waals surface area contributed by atoms with Crippen LogP contribution in [0.3, 0.4) is 0 Å². The number of unbranched alkanes of at least 4 members (excludes halogenated alkanes) is 1. The maximum Gasteiger partial charge on any atom is 0.410 e. The van der Waals surface area contributed by atoms with Gasteiger partial charge in [0.05, 0.1) is 23.9 Å². The number of benzene rings is 1. The number of cyclic esters (lactones) is 1. The fourth-order valence-corrected chi connectivity index (χ4v) is 9.59. The topological polar surface area (TPSA) is 155 Å². The zero-order chi connectivity index (χ0) is 43.6. The molecule has 4 heterocycles. The molecular weight excluding hydrogens is 768 g/mol. The third kappa shape index (κ3) is 9.29. The number of aromatic nitrogens is 1. The molecule has 1 aromatic carbocycles. The van der Waals surface area contributed by atoms with Crippen LogP contribution in [0.15, 0.2) is 43.1 Å². The van der Waals surface area contributed by atoms with Crippen molar-refractivity contribution in [2.24, 2.45) is 17.8 Å². The minimum atomic E-state index is -3.20. The highest BCUT2D eigenvalue weighted by Gasteiger charge is 2.61. The quantitative estimate of drug-likeness (QED) is 0.111. The van der Waals surface area contributed by atoms with Crippen LogP contribution >= 0.6 is 0 Å². The molecule has 3 aliphatic heterocycles. The number of nitrogens with one attached hydrogen (secondary N) is 1. The highest BCUT2D eigenvalue weighted by Crippen LogP contribution is 2.43. The highest BCUT2D eigenvalue weighted by atomic mass is 19.1. The van der Waals surface area contributed by atoms with Crippen molar-refractivity contribution >= 4 is 34.5 Å². The number of Topliss-reactive ketones (excluding diaryl/α,β-unsaturated/α-hetero) is 2. The largest absolute Gasteiger partial charge is 0.455 e. The van der Waals surface area contributed by atoms with Crippen molar-refractivity contribution in [2.75, 3.05) is 20.2 Å². The van der Waals surface area contributed by atoms with Gasteiger partial charge in [-0.3, -0.25) is 9.59 Å². The van der Waals surface area contributed by atoms with Crippen molar-refractivity contribution in [1.29, 1.82) is 0 Å². The number of aliphatic hydroxyl groups is 1. The average molecular weight is 832 g/mol. The molecule has 328 valence electrons. The summed E-state index contributed by atoms with van der Waals surface area (Å²) < 4.78 is 63.2. The molecule has 15 heteroatoms. The number of methoxy groups -OCH3 is 1. The Morgan fingerprint density at radius 1 is 1.05 bits per heavy atom. The van der Waals surface area contributed by atoms with Gasteiger partial charge in [0, 0.05) is 67.6 Å². The zero-order valence-corrected chi connectivity index (χ0v) is 35.9. The summed E-state index contributed by atoms with van der Waals surface area (Å²) >= 11 is 0. The number of carbonyl (C=O) groups is 4. The lowest BCUT2D eigenvalue weighted by atomic mass is 9.73. The summed E-state index contributed by atoms with van der Waals surface area (Å²) in [5.41, 5.74) is -5.41. The van der Waals surface area contributed by atoms with Crippen LogP contribution in [-0.4, -0.2) is 118 Å². The van der Waals surface area contributed by atoms with E-state index in [2.05, 4.69) is 11.9 Å². The van der Waals surface area contributed by atoms with E-state index in [0.29, 0.717) is 32.4 Å². The average Bonchev–Trinajstić information content (AvgIpc) is 3.71. The first-order valence-electron chi connectivity index (χ1n) is 20.8. The molecular formula is C44H63F2N3O10. The molecule has 1 amide bonds. The number of hydrogen-bond donors (Lipinski definition) is 2. The van der Waals surface area contributed by atoms with Gasteiger partial charge in [-0.25, -0.2) is 18.4 Å². The van der Waals surface area contributed by atoms with Crippen molar-refractivity contribution < 1.29 is 56.7 Å². The minimum Gasteiger partial charge on any atom is -0.455 e. The Kier molecular flexibility index (Phi) is 14.5. The van der Waals surface area contributed by atoms with Crippen LogP contribution in [0.2, 0.25) is 0 Å². The summed E-state index contributed by atoms with van der Waals surface area (Å²) in [6.07, 6.45) is -1.04. The number of carbonyl (C=O) groups excluding carboxylic acids is 4. The van der Waals surface area contributed by atoms with Crippen LogP contribution in [0.5, 0.6) is 0 Å². The van der Waals surface area contributed by atoms with Gasteiger partial charge in [-0.2, -0.15) is 0 Å². The van der Waals surface area contributed by atoms with Gasteiger partial charge in [0.1, 0.15) is 23.8 Å². The van der Waals surface area contributed by atoms with E-state index >= 15 is 4.39 Å². The van der Waals surface area contributed by atoms with Crippen molar-refractivity contribution in [3.8, 4) is 0 Å². The number of aryl methyl sites for hydroxylation is 1. The summed E-state index contributed by atoms with van der Waals surface area (Å²) in [4.78, 5) is 58.2. The van der Waals surface area contributed by atoms with E-state index in [1.165, 1.54) is 31.1 Å². The molecule has 13 atom stereocenters. The maximum absolute atomic E-state index is 16.9. The molecule has 1 unspecified atom stereocenters. The lowest BCUT2D eigenvalue weighted by Crippen LogP contribution is -2.62. The molecule has 0 saturated carbocycles. The van der Waals surface area contributed by atoms with Gasteiger partial charge < -0.3 is 43.6 Å². The Labute approximate surface area is 346 Å². The summed E-state index contributed by atoms with van der Waals surface area (Å²) in [7, 11) is 1.39. The van der Waals surface area contributed by atoms with E-state index in [9.17, 15) is 28.7 Å². The molecule has 0 radical (unpaired) electrons. The number of hydrogen-bond acceptors (Lipinski definition) is 11. The van der Waals surface area contributed by atoms with E-state index in [1.54, 1.807) is 46.8 Å². The third-order valence-electron chi connectivity index (χ3n) is 12.9. The molecule has 2 N–H and O–H groups in total. The summed E-state index contributed by atoms with van der Waals surface area (Å²) in [6, 6.07) is 5.01. The predicted octanol–water partition coefficient (Wildman–Crippen LogP) is 6.07. The van der Waals surface area contributed by atoms with E-state index in [-0.39, 0.29) is 37.1 Å². The van der Waals surface area contributed by atoms with Crippen LogP contribution in [0.25, 0.3) is 10.9 Å². The first-order valence-corrected chi connectivity index (χ1v) is 20.8. The number of esters is 1. The van der Waals surface area contributed by atoms with Gasteiger partial charge >= 0.3 is 12.1 Å².